The summed E-state index contributed by atoms with van der Waals surface area (Å²) in [6, 6.07) is 1.57. The monoisotopic (exact) mass is 203 g/mol. The molecule has 0 amide bonds. The fourth-order valence-electron chi connectivity index (χ4n) is 1.42. The molecule has 0 atom stereocenters. The van der Waals surface area contributed by atoms with E-state index < -0.39 is 12.7 Å². The quantitative estimate of drug-likeness (QED) is 0.754. The molecule has 0 fully saturated rings. The summed E-state index contributed by atoms with van der Waals surface area (Å²) >= 11 is 0. The van der Waals surface area contributed by atoms with Crippen molar-refractivity contribution in [2.45, 2.75) is 6.18 Å². The number of nitrogens with zero attached hydrogens (tertiary/aromatic N) is 2. The molecule has 1 N–H and O–H groups in total. The molecule has 0 saturated heterocycles. The van der Waals surface area contributed by atoms with Crippen molar-refractivity contribution < 1.29 is 13.2 Å². The smallest absolute Gasteiger partial charge is 0.365 e. The zero-order valence-electron chi connectivity index (χ0n) is 7.17. The van der Waals surface area contributed by atoms with Gasteiger partial charge in [0.25, 0.3) is 0 Å². The Bertz CT molecular complexity index is 337. The summed E-state index contributed by atoms with van der Waals surface area (Å²) in [5, 5.41) is 2.84. The third-order valence-corrected chi connectivity index (χ3v) is 1.97. The number of hydrogen-bond donors (Lipinski definition) is 1. The van der Waals surface area contributed by atoms with Crippen LogP contribution in [-0.2, 0) is 0 Å². The van der Waals surface area contributed by atoms with Crippen LogP contribution in [0.25, 0.3) is 0 Å². The molecule has 1 aromatic rings. The largest absolute Gasteiger partial charge is 0.405 e. The highest BCUT2D eigenvalue weighted by atomic mass is 19.4. The number of anilines is 2. The van der Waals surface area contributed by atoms with Crippen LogP contribution in [0.2, 0.25) is 0 Å². The van der Waals surface area contributed by atoms with E-state index in [1.807, 2.05) is 0 Å². The van der Waals surface area contributed by atoms with Crippen LogP contribution < -0.4 is 10.2 Å². The van der Waals surface area contributed by atoms with E-state index in [4.69, 9.17) is 0 Å². The number of aromatic nitrogens is 1. The first-order valence-electron chi connectivity index (χ1n) is 4.06. The molecule has 0 aromatic carbocycles. The van der Waals surface area contributed by atoms with Gasteiger partial charge in [0.05, 0.1) is 24.2 Å². The highest BCUT2D eigenvalue weighted by Crippen LogP contribution is 2.31. The van der Waals surface area contributed by atoms with E-state index in [1.165, 1.54) is 17.3 Å². The van der Waals surface area contributed by atoms with Gasteiger partial charge in [0.2, 0.25) is 0 Å². The summed E-state index contributed by atoms with van der Waals surface area (Å²) in [6.07, 6.45) is -1.17. The Morgan fingerprint density at radius 1 is 1.50 bits per heavy atom. The van der Waals surface area contributed by atoms with Crippen molar-refractivity contribution in [1.82, 2.24) is 4.98 Å². The summed E-state index contributed by atoms with van der Waals surface area (Å²) in [5.41, 5.74) is 1.20. The molecular weight excluding hydrogens is 195 g/mol. The Hall–Kier alpha value is -1.46. The van der Waals surface area contributed by atoms with Gasteiger partial charge >= 0.3 is 6.18 Å². The van der Waals surface area contributed by atoms with Gasteiger partial charge in [-0.25, -0.2) is 0 Å². The van der Waals surface area contributed by atoms with E-state index in [9.17, 15) is 13.2 Å². The average molecular weight is 203 g/mol. The van der Waals surface area contributed by atoms with E-state index in [0.717, 1.165) is 0 Å². The molecule has 0 aliphatic carbocycles. The van der Waals surface area contributed by atoms with E-state index >= 15 is 0 Å². The molecule has 0 radical (unpaired) electrons. The molecule has 3 nitrogen and oxygen atoms in total. The maximum atomic E-state index is 12.1. The third kappa shape index (κ3) is 1.73. The Kier molecular flexibility index (Phi) is 1.98. The van der Waals surface area contributed by atoms with Gasteiger partial charge in [-0.2, -0.15) is 13.2 Å². The minimum absolute atomic E-state index is 0.181. The van der Waals surface area contributed by atoms with Crippen LogP contribution in [-0.4, -0.2) is 24.4 Å². The maximum Gasteiger partial charge on any atom is 0.405 e. The van der Waals surface area contributed by atoms with Crippen molar-refractivity contribution in [3.63, 3.8) is 0 Å². The predicted molar refractivity (Wildman–Crippen MR) is 46.1 cm³/mol. The number of hydrogen-bond acceptors (Lipinski definition) is 3. The van der Waals surface area contributed by atoms with Crippen LogP contribution in [0.15, 0.2) is 18.5 Å². The van der Waals surface area contributed by atoms with Crippen molar-refractivity contribution in [2.75, 3.05) is 23.4 Å². The van der Waals surface area contributed by atoms with Crippen LogP contribution >= 0.6 is 0 Å². The zero-order chi connectivity index (χ0) is 10.2. The highest BCUT2D eigenvalue weighted by molar-refractivity contribution is 5.73. The molecule has 1 aliphatic rings. The molecule has 1 aliphatic heterocycles. The minimum Gasteiger partial charge on any atom is -0.365 e. The van der Waals surface area contributed by atoms with Crippen molar-refractivity contribution in [3.05, 3.63) is 18.5 Å². The Morgan fingerprint density at radius 2 is 2.29 bits per heavy atom. The topological polar surface area (TPSA) is 28.2 Å². The van der Waals surface area contributed by atoms with E-state index in [2.05, 4.69) is 10.3 Å². The van der Waals surface area contributed by atoms with Crippen LogP contribution in [0.5, 0.6) is 0 Å². The molecule has 1 aromatic heterocycles. The molecule has 0 bridgehead atoms. The lowest BCUT2D eigenvalue weighted by Gasteiger charge is -2.19. The number of alkyl halides is 3. The summed E-state index contributed by atoms with van der Waals surface area (Å²) < 4.78 is 36.3. The van der Waals surface area contributed by atoms with E-state index in [1.54, 1.807) is 6.07 Å². The molecule has 2 heterocycles. The molecular formula is C8H8F3N3. The standard InChI is InChI=1S/C8H8F3N3/c9-8(10,11)4-14-5-13-6-3-12-2-1-7(6)14/h1-3,13H,4-5H2. The number of fused-ring (bicyclic) bond motifs is 1. The lowest BCUT2D eigenvalue weighted by molar-refractivity contribution is -0.119. The van der Waals surface area contributed by atoms with Crippen LogP contribution in [0.4, 0.5) is 24.5 Å². The number of halogens is 3. The lowest BCUT2D eigenvalue weighted by Crippen LogP contribution is -2.33. The van der Waals surface area contributed by atoms with Gasteiger partial charge in [-0.3, -0.25) is 4.98 Å². The molecule has 76 valence electrons. The summed E-state index contributed by atoms with van der Waals surface area (Å²) in [5.74, 6) is 0. The van der Waals surface area contributed by atoms with Gasteiger partial charge in [0, 0.05) is 6.20 Å². The minimum atomic E-state index is -4.17. The molecule has 2 rings (SSSR count). The average Bonchev–Trinajstić information content (AvgIpc) is 2.47. The Balaban J connectivity index is 2.18. The molecule has 14 heavy (non-hydrogen) atoms. The summed E-state index contributed by atoms with van der Waals surface area (Å²) in [6.45, 7) is -0.752. The molecule has 0 spiro atoms. The lowest BCUT2D eigenvalue weighted by atomic mass is 10.3. The van der Waals surface area contributed by atoms with Crippen molar-refractivity contribution in [1.29, 1.82) is 0 Å². The number of nitrogens with one attached hydrogen (secondary N) is 1. The zero-order valence-corrected chi connectivity index (χ0v) is 7.17. The summed E-state index contributed by atoms with van der Waals surface area (Å²) in [7, 11) is 0. The van der Waals surface area contributed by atoms with Gasteiger partial charge in [0.1, 0.15) is 6.54 Å². The van der Waals surface area contributed by atoms with Crippen molar-refractivity contribution >= 4 is 11.4 Å². The first-order valence-corrected chi connectivity index (χ1v) is 4.06. The predicted octanol–water partition coefficient (Wildman–Crippen LogP) is 1.83. The second kappa shape index (κ2) is 3.04. The fourth-order valence-corrected chi connectivity index (χ4v) is 1.42. The second-order valence-corrected chi connectivity index (χ2v) is 3.04. The SMILES string of the molecule is FC(F)(F)CN1CNc2cnccc21. The van der Waals surface area contributed by atoms with Crippen LogP contribution in [0.3, 0.4) is 0 Å². The van der Waals surface area contributed by atoms with Crippen LogP contribution in [0.1, 0.15) is 0 Å². The molecule has 0 saturated carbocycles. The second-order valence-electron chi connectivity index (χ2n) is 3.04. The number of pyridine rings is 1. The van der Waals surface area contributed by atoms with Gasteiger partial charge in [0.15, 0.2) is 0 Å². The first-order chi connectivity index (χ1) is 6.56. The third-order valence-electron chi connectivity index (χ3n) is 1.97. The van der Waals surface area contributed by atoms with Crippen molar-refractivity contribution in [3.8, 4) is 0 Å². The number of rotatable bonds is 1. The van der Waals surface area contributed by atoms with Gasteiger partial charge < -0.3 is 10.2 Å². The molecule has 0 unspecified atom stereocenters. The highest BCUT2D eigenvalue weighted by Gasteiger charge is 2.33. The van der Waals surface area contributed by atoms with Gasteiger partial charge in [-0.15, -0.1) is 0 Å². The normalized spacial score (nSPS) is 15.2. The van der Waals surface area contributed by atoms with E-state index in [0.29, 0.717) is 11.4 Å². The Labute approximate surface area is 78.5 Å². The summed E-state index contributed by atoms with van der Waals surface area (Å²) in [4.78, 5) is 5.05. The fraction of sp³-hybridized carbons (Fsp3) is 0.375. The molecule has 6 heteroatoms. The maximum absolute atomic E-state index is 12.1. The Morgan fingerprint density at radius 3 is 3.00 bits per heavy atom. The van der Waals surface area contributed by atoms with E-state index in [-0.39, 0.29) is 6.67 Å². The van der Waals surface area contributed by atoms with Gasteiger partial charge in [-0.1, -0.05) is 0 Å². The van der Waals surface area contributed by atoms with Crippen molar-refractivity contribution in [2.24, 2.45) is 0 Å². The first kappa shape index (κ1) is 9.11. The van der Waals surface area contributed by atoms with Gasteiger partial charge in [-0.05, 0) is 6.07 Å². The van der Waals surface area contributed by atoms with Crippen LogP contribution in [0, 0.1) is 0 Å².